The predicted octanol–water partition coefficient (Wildman–Crippen LogP) is 1.11. The van der Waals surface area contributed by atoms with Crippen LogP contribution in [0.5, 0.6) is 0 Å². The molecule has 0 aliphatic rings. The third-order valence-electron chi connectivity index (χ3n) is 2.84. The van der Waals surface area contributed by atoms with Gasteiger partial charge in [-0.25, -0.2) is 8.96 Å². The zero-order valence-corrected chi connectivity index (χ0v) is 13.8. The van der Waals surface area contributed by atoms with E-state index < -0.39 is 18.3 Å². The van der Waals surface area contributed by atoms with Crippen LogP contribution in [-0.4, -0.2) is 43.8 Å². The Morgan fingerprint density at radius 1 is 1.39 bits per heavy atom. The highest BCUT2D eigenvalue weighted by molar-refractivity contribution is 7.87. The highest BCUT2D eigenvalue weighted by Gasteiger charge is 2.33. The van der Waals surface area contributed by atoms with Gasteiger partial charge < -0.3 is 0 Å². The number of rotatable bonds is 5. The van der Waals surface area contributed by atoms with Gasteiger partial charge >= 0.3 is 10.2 Å². The van der Waals surface area contributed by atoms with Gasteiger partial charge in [0, 0.05) is 26.5 Å². The van der Waals surface area contributed by atoms with Crippen LogP contribution in [0, 0.1) is 5.92 Å². The number of aromatic nitrogens is 2. The number of nitrogens with zero attached hydrogens (tertiary/aromatic N) is 3. The molecule has 1 rings (SSSR count). The fourth-order valence-electron chi connectivity index (χ4n) is 2.24. The highest BCUT2D eigenvalue weighted by Crippen LogP contribution is 2.16. The highest BCUT2D eigenvalue weighted by atomic mass is 32.2. The average Bonchev–Trinajstić information content (AvgIpc) is 2.64. The van der Waals surface area contributed by atoms with Crippen LogP contribution in [0.1, 0.15) is 13.8 Å². The summed E-state index contributed by atoms with van der Waals surface area (Å²) in [7, 11) is -2.23. The van der Waals surface area contributed by atoms with E-state index in [1.54, 1.807) is 12.4 Å². The first-order valence-corrected chi connectivity index (χ1v) is 10.7. The molecule has 1 aromatic heterocycles. The molecular weight excluding hydrogens is 266 g/mol. The van der Waals surface area contributed by atoms with Crippen LogP contribution >= 0.6 is 0 Å². The number of hydrogen-bond acceptors (Lipinski definition) is 3. The summed E-state index contributed by atoms with van der Waals surface area (Å²) >= 11 is 0. The van der Waals surface area contributed by atoms with Crippen LogP contribution in [0.4, 0.5) is 0 Å². The first-order valence-electron chi connectivity index (χ1n) is 6.06. The summed E-state index contributed by atoms with van der Waals surface area (Å²) in [5, 5.41) is 0. The lowest BCUT2D eigenvalue weighted by molar-refractivity contribution is 0.512. The molecule has 0 aliphatic heterocycles. The van der Waals surface area contributed by atoms with E-state index in [1.807, 2.05) is 0 Å². The van der Waals surface area contributed by atoms with Gasteiger partial charge in [0.25, 0.3) is 0 Å². The Labute approximate surface area is 111 Å². The van der Waals surface area contributed by atoms with Crippen LogP contribution in [0.2, 0.25) is 19.1 Å². The van der Waals surface area contributed by atoms with Crippen LogP contribution < -0.4 is 5.45 Å². The molecule has 0 aromatic carbocycles. The van der Waals surface area contributed by atoms with Crippen LogP contribution in [0.25, 0.3) is 0 Å². The molecule has 0 amide bonds. The SMILES string of the molecule is CC(C)C[Si](C)(C)c1nccn1S(=O)(=O)N(C)C. The molecule has 0 fully saturated rings. The summed E-state index contributed by atoms with van der Waals surface area (Å²) in [6, 6.07) is 1.02. The first kappa shape index (κ1) is 15.4. The Morgan fingerprint density at radius 2 is 1.94 bits per heavy atom. The quantitative estimate of drug-likeness (QED) is 0.763. The van der Waals surface area contributed by atoms with Crippen LogP contribution in [0.3, 0.4) is 0 Å². The maximum Gasteiger partial charge on any atom is 0.308 e. The first-order chi connectivity index (χ1) is 8.09. The third kappa shape index (κ3) is 3.01. The molecule has 0 N–H and O–H groups in total. The van der Waals surface area contributed by atoms with Gasteiger partial charge in [-0.1, -0.05) is 26.9 Å². The lowest BCUT2D eigenvalue weighted by Gasteiger charge is -2.25. The van der Waals surface area contributed by atoms with Crippen molar-refractivity contribution in [3.63, 3.8) is 0 Å². The summed E-state index contributed by atoms with van der Waals surface area (Å²) < 4.78 is 27.0. The number of hydrogen-bond donors (Lipinski definition) is 0. The molecule has 0 bridgehead atoms. The Morgan fingerprint density at radius 3 is 2.39 bits per heavy atom. The summed E-state index contributed by atoms with van der Waals surface area (Å²) in [4.78, 5) is 4.31. The second-order valence-corrected chi connectivity index (χ2v) is 12.5. The minimum Gasteiger partial charge on any atom is -0.246 e. The topological polar surface area (TPSA) is 55.2 Å². The average molecular weight is 289 g/mol. The Bertz CT molecular complexity index is 506. The van der Waals surface area contributed by atoms with Crippen molar-refractivity contribution in [1.82, 2.24) is 13.3 Å². The molecule has 1 heterocycles. The van der Waals surface area contributed by atoms with Crippen molar-refractivity contribution < 1.29 is 8.42 Å². The van der Waals surface area contributed by atoms with Gasteiger partial charge in [-0.05, 0) is 12.0 Å². The minimum absolute atomic E-state index is 0.541. The van der Waals surface area contributed by atoms with Crippen LogP contribution in [0.15, 0.2) is 12.4 Å². The fraction of sp³-hybridized carbons (Fsp3) is 0.727. The maximum atomic E-state index is 12.2. The molecule has 0 atom stereocenters. The molecule has 7 heteroatoms. The second-order valence-electron chi connectivity index (χ2n) is 5.82. The monoisotopic (exact) mass is 289 g/mol. The molecule has 0 saturated heterocycles. The lowest BCUT2D eigenvalue weighted by atomic mass is 10.3. The Balaban J connectivity index is 3.26. The van der Waals surface area contributed by atoms with Crippen molar-refractivity contribution in [2.75, 3.05) is 14.1 Å². The van der Waals surface area contributed by atoms with Gasteiger partial charge in [-0.15, -0.1) is 0 Å². The smallest absolute Gasteiger partial charge is 0.246 e. The van der Waals surface area contributed by atoms with Crippen LogP contribution in [-0.2, 0) is 10.2 Å². The summed E-state index contributed by atoms with van der Waals surface area (Å²) in [5.74, 6) is 0.541. The van der Waals surface area contributed by atoms with E-state index in [-0.39, 0.29) is 0 Å². The third-order valence-corrected chi connectivity index (χ3v) is 8.14. The van der Waals surface area contributed by atoms with Crippen molar-refractivity contribution in [1.29, 1.82) is 0 Å². The standard InChI is InChI=1S/C11H23N3O2SSi/c1-10(2)9-18(5,6)11-12-7-8-14(11)17(15,16)13(3)4/h7-8,10H,9H2,1-6H3. The van der Waals surface area contributed by atoms with Gasteiger partial charge in [0.1, 0.15) is 13.5 Å². The van der Waals surface area contributed by atoms with Gasteiger partial charge in [0.05, 0.1) is 0 Å². The van der Waals surface area contributed by atoms with E-state index in [0.29, 0.717) is 5.92 Å². The van der Waals surface area contributed by atoms with E-state index in [1.165, 1.54) is 22.4 Å². The van der Waals surface area contributed by atoms with Gasteiger partial charge in [-0.2, -0.15) is 12.7 Å². The molecular formula is C11H23N3O2SSi. The Kier molecular flexibility index (Phi) is 4.40. The lowest BCUT2D eigenvalue weighted by Crippen LogP contribution is -2.51. The van der Waals surface area contributed by atoms with Gasteiger partial charge in [-0.3, -0.25) is 0 Å². The molecule has 0 unspecified atom stereocenters. The molecule has 0 aliphatic carbocycles. The Hall–Kier alpha value is -0.663. The minimum atomic E-state index is -3.46. The molecule has 5 nitrogen and oxygen atoms in total. The number of imidazole rings is 1. The van der Waals surface area contributed by atoms with Crippen molar-refractivity contribution >= 4 is 23.7 Å². The van der Waals surface area contributed by atoms with E-state index in [2.05, 4.69) is 31.9 Å². The summed E-state index contributed by atoms with van der Waals surface area (Å²) in [5.41, 5.74) is 0.727. The molecule has 1 aromatic rings. The molecule has 0 radical (unpaired) electrons. The zero-order chi connectivity index (χ0) is 14.1. The van der Waals surface area contributed by atoms with E-state index in [4.69, 9.17) is 0 Å². The van der Waals surface area contributed by atoms with Crippen molar-refractivity contribution in [3.8, 4) is 0 Å². The van der Waals surface area contributed by atoms with E-state index in [9.17, 15) is 8.42 Å². The van der Waals surface area contributed by atoms with E-state index >= 15 is 0 Å². The summed E-state index contributed by atoms with van der Waals surface area (Å²) in [6.07, 6.45) is 3.12. The summed E-state index contributed by atoms with van der Waals surface area (Å²) in [6.45, 7) is 8.64. The molecule has 18 heavy (non-hydrogen) atoms. The zero-order valence-electron chi connectivity index (χ0n) is 12.0. The van der Waals surface area contributed by atoms with E-state index in [0.717, 1.165) is 11.5 Å². The predicted molar refractivity (Wildman–Crippen MR) is 77.0 cm³/mol. The van der Waals surface area contributed by atoms with Gasteiger partial charge in [0.15, 0.2) is 0 Å². The van der Waals surface area contributed by atoms with Crippen molar-refractivity contribution in [2.24, 2.45) is 5.92 Å². The van der Waals surface area contributed by atoms with Gasteiger partial charge in [0.2, 0.25) is 0 Å². The normalized spacial score (nSPS) is 13.6. The molecule has 104 valence electrons. The fourth-order valence-corrected chi connectivity index (χ4v) is 7.47. The van der Waals surface area contributed by atoms with Crippen molar-refractivity contribution in [2.45, 2.75) is 33.0 Å². The largest absolute Gasteiger partial charge is 0.308 e. The van der Waals surface area contributed by atoms with Crippen molar-refractivity contribution in [3.05, 3.63) is 12.4 Å². The second kappa shape index (κ2) is 5.14. The maximum absolute atomic E-state index is 12.2. The molecule has 0 saturated carbocycles. The molecule has 0 spiro atoms.